The highest BCUT2D eigenvalue weighted by Gasteiger charge is 2.16. The van der Waals surface area contributed by atoms with Gasteiger partial charge in [0.1, 0.15) is 5.69 Å². The van der Waals surface area contributed by atoms with Gasteiger partial charge in [0.25, 0.3) is 0 Å². The molecule has 0 spiro atoms. The quantitative estimate of drug-likeness (QED) is 0.619. The second-order valence-corrected chi connectivity index (χ2v) is 6.41. The van der Waals surface area contributed by atoms with Crippen LogP contribution in [0.5, 0.6) is 0 Å². The molecule has 1 fully saturated rings. The summed E-state index contributed by atoms with van der Waals surface area (Å²) in [7, 11) is 0. The number of aryl methyl sites for hydroxylation is 1. The number of allylic oxidation sites excluding steroid dienone is 1. The average Bonchev–Trinajstić information content (AvgIpc) is 2.63. The van der Waals surface area contributed by atoms with E-state index in [1.165, 1.54) is 5.57 Å². The van der Waals surface area contributed by atoms with Gasteiger partial charge in [0.05, 0.1) is 0 Å². The van der Waals surface area contributed by atoms with Crippen LogP contribution < -0.4 is 5.32 Å². The first-order chi connectivity index (χ1) is 12.2. The fourth-order valence-corrected chi connectivity index (χ4v) is 2.99. The first kappa shape index (κ1) is 17.2. The molecule has 25 heavy (non-hydrogen) atoms. The summed E-state index contributed by atoms with van der Waals surface area (Å²) in [4.78, 5) is 6.61. The van der Waals surface area contributed by atoms with Gasteiger partial charge in [-0.25, -0.2) is 4.98 Å². The average molecular weight is 347 g/mol. The van der Waals surface area contributed by atoms with Crippen LogP contribution in [0.4, 0.5) is 5.69 Å². The van der Waals surface area contributed by atoms with Gasteiger partial charge in [-0.2, -0.15) is 0 Å². The molecule has 1 aliphatic rings. The van der Waals surface area contributed by atoms with Crippen molar-refractivity contribution in [3.63, 3.8) is 0 Å². The van der Waals surface area contributed by atoms with Gasteiger partial charge in [-0.05, 0) is 68.2 Å². The minimum atomic E-state index is 0.792. The van der Waals surface area contributed by atoms with E-state index in [-0.39, 0.29) is 0 Å². The molecule has 2 aromatic rings. The van der Waals surface area contributed by atoms with Gasteiger partial charge in [-0.3, -0.25) is 0 Å². The number of para-hydroxylation sites is 1. The zero-order chi connectivity index (χ0) is 17.5. The first-order valence-corrected chi connectivity index (χ1v) is 8.85. The Labute approximate surface area is 154 Å². The highest BCUT2D eigenvalue weighted by Crippen LogP contribution is 2.17. The lowest BCUT2D eigenvalue weighted by molar-refractivity contribution is 0.393. The third-order valence-electron chi connectivity index (χ3n) is 4.08. The van der Waals surface area contributed by atoms with Crippen LogP contribution in [-0.4, -0.2) is 28.1 Å². The zero-order valence-corrected chi connectivity index (χ0v) is 15.1. The fourth-order valence-electron chi connectivity index (χ4n) is 2.69. The monoisotopic (exact) mass is 347 g/mol. The van der Waals surface area contributed by atoms with E-state index in [9.17, 15) is 0 Å². The molecule has 126 valence electrons. The predicted octanol–water partition coefficient (Wildman–Crippen LogP) is 4.16. The molecular formula is C21H21N3S. The van der Waals surface area contributed by atoms with Crippen LogP contribution in [0, 0.1) is 18.8 Å². The molecule has 4 heteroatoms. The largest absolute Gasteiger partial charge is 0.348 e. The molecule has 3 nitrogen and oxygen atoms in total. The summed E-state index contributed by atoms with van der Waals surface area (Å²) in [6.45, 7) is 3.83. The lowest BCUT2D eigenvalue weighted by Crippen LogP contribution is -2.39. The number of pyridine rings is 1. The van der Waals surface area contributed by atoms with Crippen LogP contribution in [0.25, 0.3) is 0 Å². The molecule has 1 saturated heterocycles. The molecule has 0 aliphatic carbocycles. The molecule has 0 radical (unpaired) electrons. The minimum absolute atomic E-state index is 0.792. The van der Waals surface area contributed by atoms with Gasteiger partial charge in [0.2, 0.25) is 0 Å². The van der Waals surface area contributed by atoms with E-state index < -0.39 is 0 Å². The number of aromatic nitrogens is 1. The van der Waals surface area contributed by atoms with Crippen LogP contribution in [-0.2, 0) is 0 Å². The molecule has 1 aromatic carbocycles. The van der Waals surface area contributed by atoms with Crippen LogP contribution in [0.2, 0.25) is 0 Å². The van der Waals surface area contributed by atoms with E-state index in [2.05, 4.69) is 27.0 Å². The molecular weight excluding hydrogens is 326 g/mol. The molecule has 1 aliphatic heterocycles. The SMILES string of the molecule is Cc1cccc(C#CC=C2CCN(C(=S)Nc3ccccc3)CC2)n1. The van der Waals surface area contributed by atoms with Gasteiger partial charge in [0.15, 0.2) is 5.11 Å². The molecule has 1 N–H and O–H groups in total. The van der Waals surface area contributed by atoms with E-state index in [0.29, 0.717) is 0 Å². The Morgan fingerprint density at radius 3 is 2.60 bits per heavy atom. The van der Waals surface area contributed by atoms with E-state index in [4.69, 9.17) is 12.2 Å². The van der Waals surface area contributed by atoms with Crippen molar-refractivity contribution in [2.75, 3.05) is 18.4 Å². The van der Waals surface area contributed by atoms with Crippen molar-refractivity contribution in [2.45, 2.75) is 19.8 Å². The van der Waals surface area contributed by atoms with Gasteiger partial charge < -0.3 is 10.2 Å². The molecule has 3 rings (SSSR count). The topological polar surface area (TPSA) is 28.2 Å². The number of thiocarbonyl (C=S) groups is 1. The summed E-state index contributed by atoms with van der Waals surface area (Å²) in [6.07, 6.45) is 4.02. The Bertz CT molecular complexity index is 821. The molecule has 2 heterocycles. The smallest absolute Gasteiger partial charge is 0.173 e. The summed E-state index contributed by atoms with van der Waals surface area (Å²) >= 11 is 5.52. The summed E-state index contributed by atoms with van der Waals surface area (Å²) in [5, 5.41) is 4.09. The summed E-state index contributed by atoms with van der Waals surface area (Å²) < 4.78 is 0. The van der Waals surface area contributed by atoms with E-state index in [0.717, 1.165) is 48.1 Å². The number of likely N-dealkylation sites (tertiary alicyclic amines) is 1. The summed E-state index contributed by atoms with van der Waals surface area (Å²) in [5.41, 5.74) is 4.22. The highest BCUT2D eigenvalue weighted by molar-refractivity contribution is 7.80. The van der Waals surface area contributed by atoms with Crippen molar-refractivity contribution >= 4 is 23.0 Å². The van der Waals surface area contributed by atoms with E-state index in [1.807, 2.05) is 61.5 Å². The van der Waals surface area contributed by atoms with Gasteiger partial charge in [-0.1, -0.05) is 35.8 Å². The van der Waals surface area contributed by atoms with Crippen molar-refractivity contribution in [3.8, 4) is 11.8 Å². The Morgan fingerprint density at radius 1 is 1.12 bits per heavy atom. The second kappa shape index (κ2) is 8.46. The third kappa shape index (κ3) is 5.17. The number of nitrogens with one attached hydrogen (secondary N) is 1. The van der Waals surface area contributed by atoms with Crippen molar-refractivity contribution in [1.29, 1.82) is 0 Å². The fraction of sp³-hybridized carbons (Fsp3) is 0.238. The molecule has 0 atom stereocenters. The number of hydrogen-bond donors (Lipinski definition) is 1. The number of hydrogen-bond acceptors (Lipinski definition) is 2. The maximum Gasteiger partial charge on any atom is 0.173 e. The van der Waals surface area contributed by atoms with Crippen LogP contribution in [0.3, 0.4) is 0 Å². The first-order valence-electron chi connectivity index (χ1n) is 8.45. The third-order valence-corrected chi connectivity index (χ3v) is 4.44. The molecule has 1 aromatic heterocycles. The Kier molecular flexibility index (Phi) is 5.81. The summed E-state index contributed by atoms with van der Waals surface area (Å²) in [6, 6.07) is 16.0. The Morgan fingerprint density at radius 2 is 1.88 bits per heavy atom. The maximum atomic E-state index is 5.52. The van der Waals surface area contributed by atoms with Crippen LogP contribution in [0.15, 0.2) is 60.2 Å². The molecule has 0 amide bonds. The van der Waals surface area contributed by atoms with Crippen molar-refractivity contribution < 1.29 is 0 Å². The van der Waals surface area contributed by atoms with Crippen molar-refractivity contribution in [3.05, 3.63) is 71.6 Å². The Balaban J connectivity index is 1.52. The summed E-state index contributed by atoms with van der Waals surface area (Å²) in [5.74, 6) is 6.25. The predicted molar refractivity (Wildman–Crippen MR) is 107 cm³/mol. The van der Waals surface area contributed by atoms with Crippen LogP contribution >= 0.6 is 12.2 Å². The second-order valence-electron chi connectivity index (χ2n) is 6.02. The van der Waals surface area contributed by atoms with E-state index in [1.54, 1.807) is 0 Å². The lowest BCUT2D eigenvalue weighted by Gasteiger charge is -2.30. The van der Waals surface area contributed by atoms with Crippen molar-refractivity contribution in [1.82, 2.24) is 9.88 Å². The van der Waals surface area contributed by atoms with Crippen LogP contribution in [0.1, 0.15) is 24.2 Å². The standard InChI is InChI=1S/C21H21N3S/c1-17-7-5-11-19(22-17)12-6-8-18-13-15-24(16-14-18)21(25)23-20-9-3-2-4-10-20/h2-5,7-11H,13-16H2,1H3,(H,23,25). The maximum absolute atomic E-state index is 5.52. The number of rotatable bonds is 1. The molecule has 0 unspecified atom stereocenters. The Hall–Kier alpha value is -2.64. The van der Waals surface area contributed by atoms with Gasteiger partial charge in [0, 0.05) is 24.5 Å². The van der Waals surface area contributed by atoms with Gasteiger partial charge in [-0.15, -0.1) is 0 Å². The van der Waals surface area contributed by atoms with Crippen molar-refractivity contribution in [2.24, 2.45) is 0 Å². The number of piperidine rings is 1. The van der Waals surface area contributed by atoms with E-state index >= 15 is 0 Å². The zero-order valence-electron chi connectivity index (χ0n) is 14.3. The van der Waals surface area contributed by atoms with Gasteiger partial charge >= 0.3 is 0 Å². The number of nitrogens with zero attached hydrogens (tertiary/aromatic N) is 2. The number of benzene rings is 1. The minimum Gasteiger partial charge on any atom is -0.348 e. The molecule has 0 saturated carbocycles. The normalized spacial score (nSPS) is 13.6. The lowest BCUT2D eigenvalue weighted by atomic mass is 10.0. The highest BCUT2D eigenvalue weighted by atomic mass is 32.1. The number of anilines is 1. The molecule has 0 bridgehead atoms.